The zero-order chi connectivity index (χ0) is 25.0. The molecule has 11 nitrogen and oxygen atoms in total. The Kier molecular flexibility index (Phi) is 8.28. The number of aliphatic hydroxyl groups is 4. The van der Waals surface area contributed by atoms with E-state index in [1.807, 2.05) is 0 Å². The van der Waals surface area contributed by atoms with Gasteiger partial charge < -0.3 is 54.3 Å². The van der Waals surface area contributed by atoms with E-state index in [1.165, 1.54) is 21.3 Å². The Labute approximate surface area is 196 Å². The lowest BCUT2D eigenvalue weighted by Gasteiger charge is -2.39. The number of rotatable bonds is 9. The van der Waals surface area contributed by atoms with Crippen LogP contribution in [0.1, 0.15) is 11.1 Å². The topological polar surface area (TPSA) is 168 Å². The third-order valence-corrected chi connectivity index (χ3v) is 5.70. The largest absolute Gasteiger partial charge is 0.502 e. The van der Waals surface area contributed by atoms with Crippen LogP contribution in [0, 0.1) is 0 Å². The zero-order valence-electron chi connectivity index (χ0n) is 19.0. The molecule has 1 aliphatic heterocycles. The highest BCUT2D eigenvalue weighted by Gasteiger charge is 2.45. The number of aliphatic hydroxyl groups excluding tert-OH is 4. The van der Waals surface area contributed by atoms with Crippen LogP contribution in [0.15, 0.2) is 24.3 Å². The van der Waals surface area contributed by atoms with Crippen molar-refractivity contribution in [1.29, 1.82) is 0 Å². The average molecular weight is 482 g/mol. The molecule has 188 valence electrons. The van der Waals surface area contributed by atoms with Gasteiger partial charge in [0.15, 0.2) is 23.0 Å². The number of ether oxygens (including phenoxy) is 5. The molecule has 11 heteroatoms. The first-order chi connectivity index (χ1) is 16.2. The minimum atomic E-state index is -1.65. The van der Waals surface area contributed by atoms with E-state index in [9.17, 15) is 30.6 Å². The van der Waals surface area contributed by atoms with Gasteiger partial charge in [-0.15, -0.1) is 0 Å². The summed E-state index contributed by atoms with van der Waals surface area (Å²) in [6.45, 7) is -0.619. The highest BCUT2D eigenvalue weighted by atomic mass is 16.7. The fourth-order valence-electron chi connectivity index (χ4n) is 3.74. The van der Waals surface area contributed by atoms with Crippen molar-refractivity contribution in [2.24, 2.45) is 0 Å². The Balaban J connectivity index is 1.89. The van der Waals surface area contributed by atoms with Crippen molar-refractivity contribution in [3.8, 4) is 34.5 Å². The van der Waals surface area contributed by atoms with Crippen LogP contribution in [0.5, 0.6) is 34.5 Å². The van der Waals surface area contributed by atoms with Crippen LogP contribution in [-0.2, 0) is 17.6 Å². The first-order valence-electron chi connectivity index (χ1n) is 10.6. The van der Waals surface area contributed by atoms with E-state index in [0.717, 1.165) is 5.56 Å². The van der Waals surface area contributed by atoms with Gasteiger partial charge in [-0.1, -0.05) is 6.07 Å². The van der Waals surface area contributed by atoms with E-state index in [2.05, 4.69) is 0 Å². The number of aromatic hydroxyl groups is 2. The SMILES string of the molecule is COc1cc(CCc2ccc(OC)c(O)c2O[C@@H]2O[C@H](CO)[C@@H](O)[C@H](O)[C@H]2O)cc(OC)c1O. The summed E-state index contributed by atoms with van der Waals surface area (Å²) in [6, 6.07) is 6.51. The smallest absolute Gasteiger partial charge is 0.229 e. The molecule has 34 heavy (non-hydrogen) atoms. The molecule has 0 bridgehead atoms. The first-order valence-corrected chi connectivity index (χ1v) is 10.6. The fraction of sp³-hybridized carbons (Fsp3) is 0.478. The van der Waals surface area contributed by atoms with Gasteiger partial charge in [0, 0.05) is 0 Å². The van der Waals surface area contributed by atoms with Gasteiger partial charge in [-0.25, -0.2) is 0 Å². The summed E-state index contributed by atoms with van der Waals surface area (Å²) in [5.74, 6) is 0.0625. The lowest BCUT2D eigenvalue weighted by Crippen LogP contribution is -2.60. The highest BCUT2D eigenvalue weighted by Crippen LogP contribution is 2.42. The Bertz CT molecular complexity index is 953. The van der Waals surface area contributed by atoms with E-state index in [-0.39, 0.29) is 34.5 Å². The van der Waals surface area contributed by atoms with E-state index in [1.54, 1.807) is 24.3 Å². The number of hydrogen-bond donors (Lipinski definition) is 6. The molecule has 0 aromatic heterocycles. The molecule has 2 aromatic carbocycles. The maximum absolute atomic E-state index is 10.7. The highest BCUT2D eigenvalue weighted by molar-refractivity contribution is 5.56. The van der Waals surface area contributed by atoms with Crippen LogP contribution in [0.3, 0.4) is 0 Å². The quantitative estimate of drug-likeness (QED) is 0.287. The summed E-state index contributed by atoms with van der Waals surface area (Å²) >= 11 is 0. The molecule has 1 heterocycles. The fourth-order valence-corrected chi connectivity index (χ4v) is 3.74. The lowest BCUT2D eigenvalue weighted by molar-refractivity contribution is -0.277. The van der Waals surface area contributed by atoms with Crippen molar-refractivity contribution in [2.75, 3.05) is 27.9 Å². The summed E-state index contributed by atoms with van der Waals surface area (Å²) in [5, 5.41) is 60.6. The summed E-state index contributed by atoms with van der Waals surface area (Å²) in [7, 11) is 4.21. The molecule has 6 N–H and O–H groups in total. The summed E-state index contributed by atoms with van der Waals surface area (Å²) in [6.07, 6.45) is -6.73. The van der Waals surface area contributed by atoms with Crippen LogP contribution in [0.25, 0.3) is 0 Å². The number of methoxy groups -OCH3 is 3. The molecule has 5 atom stereocenters. The Hall–Kier alpha value is -2.96. The van der Waals surface area contributed by atoms with Gasteiger partial charge in [0.25, 0.3) is 0 Å². The second-order valence-electron chi connectivity index (χ2n) is 7.77. The average Bonchev–Trinajstić information content (AvgIpc) is 2.84. The molecular formula is C23H30O11. The molecule has 3 rings (SSSR count). The van der Waals surface area contributed by atoms with Crippen LogP contribution in [-0.4, -0.2) is 89.3 Å². The van der Waals surface area contributed by atoms with E-state index in [4.69, 9.17) is 23.7 Å². The maximum Gasteiger partial charge on any atom is 0.229 e. The third-order valence-electron chi connectivity index (χ3n) is 5.70. The Morgan fingerprint density at radius 3 is 1.97 bits per heavy atom. The molecular weight excluding hydrogens is 452 g/mol. The molecule has 0 radical (unpaired) electrons. The summed E-state index contributed by atoms with van der Waals surface area (Å²) in [5.41, 5.74) is 1.28. The van der Waals surface area contributed by atoms with Gasteiger partial charge in [0.2, 0.25) is 17.8 Å². The van der Waals surface area contributed by atoms with Crippen molar-refractivity contribution < 1.29 is 54.3 Å². The van der Waals surface area contributed by atoms with Crippen LogP contribution in [0.4, 0.5) is 0 Å². The number of hydrogen-bond acceptors (Lipinski definition) is 11. The maximum atomic E-state index is 10.7. The van der Waals surface area contributed by atoms with Crippen molar-refractivity contribution in [3.05, 3.63) is 35.4 Å². The van der Waals surface area contributed by atoms with Crippen molar-refractivity contribution in [3.63, 3.8) is 0 Å². The molecule has 0 amide bonds. The molecule has 2 aromatic rings. The summed E-state index contributed by atoms with van der Waals surface area (Å²) < 4.78 is 26.7. The van der Waals surface area contributed by atoms with Crippen molar-refractivity contribution in [1.82, 2.24) is 0 Å². The van der Waals surface area contributed by atoms with E-state index < -0.39 is 37.3 Å². The minimum Gasteiger partial charge on any atom is -0.502 e. The molecule has 0 spiro atoms. The van der Waals surface area contributed by atoms with Gasteiger partial charge in [0.1, 0.15) is 24.4 Å². The molecule has 0 unspecified atom stereocenters. The predicted molar refractivity (Wildman–Crippen MR) is 118 cm³/mol. The van der Waals surface area contributed by atoms with Gasteiger partial charge in [-0.05, 0) is 42.2 Å². The number of phenols is 2. The van der Waals surface area contributed by atoms with Crippen LogP contribution in [0.2, 0.25) is 0 Å². The zero-order valence-corrected chi connectivity index (χ0v) is 19.0. The van der Waals surface area contributed by atoms with Gasteiger partial charge in [-0.3, -0.25) is 0 Å². The molecule has 1 saturated heterocycles. The lowest BCUT2D eigenvalue weighted by atomic mass is 9.99. The number of aryl methyl sites for hydroxylation is 2. The van der Waals surface area contributed by atoms with Gasteiger partial charge in [0.05, 0.1) is 27.9 Å². The molecule has 1 fully saturated rings. The van der Waals surface area contributed by atoms with Crippen LogP contribution >= 0.6 is 0 Å². The number of phenolic OH excluding ortho intramolecular Hbond substituents is 2. The Morgan fingerprint density at radius 2 is 1.41 bits per heavy atom. The van der Waals surface area contributed by atoms with Crippen molar-refractivity contribution in [2.45, 2.75) is 43.5 Å². The van der Waals surface area contributed by atoms with E-state index >= 15 is 0 Å². The number of benzene rings is 2. The monoisotopic (exact) mass is 482 g/mol. The first kappa shape index (κ1) is 25.7. The van der Waals surface area contributed by atoms with Crippen LogP contribution < -0.4 is 18.9 Å². The minimum absolute atomic E-state index is 0.0543. The molecule has 0 aliphatic carbocycles. The summed E-state index contributed by atoms with van der Waals surface area (Å²) in [4.78, 5) is 0. The second kappa shape index (κ2) is 11.0. The third kappa shape index (κ3) is 5.08. The van der Waals surface area contributed by atoms with E-state index in [0.29, 0.717) is 18.4 Å². The molecule has 1 aliphatic rings. The second-order valence-corrected chi connectivity index (χ2v) is 7.77. The Morgan fingerprint density at radius 1 is 0.794 bits per heavy atom. The standard InChI is InChI=1S/C23H30O11/c1-30-13-7-6-12(5-4-11-8-14(31-2)17(25)15(9-11)32-3)22(19(13)27)34-23-21(29)20(28)18(26)16(10-24)33-23/h6-9,16,18,20-21,23-29H,4-5,10H2,1-3H3/t16-,18-,20+,21-,23+/m1/s1. The van der Waals surface area contributed by atoms with Crippen molar-refractivity contribution >= 4 is 0 Å². The molecule has 0 saturated carbocycles. The van der Waals surface area contributed by atoms with Gasteiger partial charge >= 0.3 is 0 Å². The predicted octanol–water partition coefficient (Wildman–Crippen LogP) is 0.0875. The van der Waals surface area contributed by atoms with Gasteiger partial charge in [-0.2, -0.15) is 0 Å². The normalized spacial score (nSPS) is 24.5.